The molecule has 2 unspecified atom stereocenters. The zero-order valence-electron chi connectivity index (χ0n) is 8.69. The Morgan fingerprint density at radius 2 is 1.67 bits per heavy atom. The molecule has 2 fully saturated rings. The van der Waals surface area contributed by atoms with Crippen molar-refractivity contribution in [2.75, 3.05) is 0 Å². The van der Waals surface area contributed by atoms with E-state index in [1.54, 1.807) is 0 Å². The maximum absolute atomic E-state index is 11.6. The fraction of sp³-hybridized carbons (Fsp3) is 0.909. The van der Waals surface area contributed by atoms with Crippen LogP contribution in [0.25, 0.3) is 0 Å². The minimum atomic E-state index is -0.0822. The predicted molar refractivity (Wildman–Crippen MR) is 48.8 cm³/mol. The molecule has 2 aliphatic carbocycles. The van der Waals surface area contributed by atoms with Gasteiger partial charge in [0.15, 0.2) is 0 Å². The standard InChI is InChI=1S/C11H18O/c1-9(2)7-6-8(12)10(3,4)11(7,9)5/h7H,6H2,1-5H3. The second-order valence-corrected chi connectivity index (χ2v) is 5.73. The van der Waals surface area contributed by atoms with Gasteiger partial charge in [0, 0.05) is 11.8 Å². The van der Waals surface area contributed by atoms with Gasteiger partial charge in [0.2, 0.25) is 0 Å². The molecule has 12 heavy (non-hydrogen) atoms. The monoisotopic (exact) mass is 166 g/mol. The average Bonchev–Trinajstić information content (AvgIpc) is 2.25. The lowest BCUT2D eigenvalue weighted by Gasteiger charge is -2.31. The Kier molecular flexibility index (Phi) is 1.13. The Morgan fingerprint density at radius 3 is 1.92 bits per heavy atom. The highest BCUT2D eigenvalue weighted by atomic mass is 16.1. The van der Waals surface area contributed by atoms with Crippen LogP contribution in [-0.4, -0.2) is 5.78 Å². The first-order chi connectivity index (χ1) is 5.26. The molecule has 0 amide bonds. The fourth-order valence-electron chi connectivity index (χ4n) is 3.53. The first-order valence-corrected chi connectivity index (χ1v) is 4.79. The van der Waals surface area contributed by atoms with E-state index in [1.807, 2.05) is 0 Å². The first-order valence-electron chi connectivity index (χ1n) is 4.79. The minimum absolute atomic E-state index is 0.0822. The molecule has 0 aromatic carbocycles. The van der Waals surface area contributed by atoms with Crippen LogP contribution in [0.5, 0.6) is 0 Å². The highest BCUT2D eigenvalue weighted by Crippen LogP contribution is 2.81. The zero-order valence-corrected chi connectivity index (χ0v) is 8.69. The SMILES string of the molecule is CC1(C)C(=O)CC2C(C)(C)C21C. The molecule has 0 bridgehead atoms. The van der Waals surface area contributed by atoms with Crippen molar-refractivity contribution >= 4 is 5.78 Å². The largest absolute Gasteiger partial charge is 0.299 e. The smallest absolute Gasteiger partial charge is 0.139 e. The molecule has 0 N–H and O–H groups in total. The third kappa shape index (κ3) is 0.512. The molecule has 68 valence electrons. The molecule has 0 spiro atoms. The van der Waals surface area contributed by atoms with Gasteiger partial charge in [-0.3, -0.25) is 4.79 Å². The summed E-state index contributed by atoms with van der Waals surface area (Å²) < 4.78 is 0. The van der Waals surface area contributed by atoms with Crippen LogP contribution in [0.15, 0.2) is 0 Å². The molecular weight excluding hydrogens is 148 g/mol. The van der Waals surface area contributed by atoms with Crippen LogP contribution in [-0.2, 0) is 4.79 Å². The summed E-state index contributed by atoms with van der Waals surface area (Å²) in [5, 5.41) is 0. The van der Waals surface area contributed by atoms with Gasteiger partial charge in [-0.25, -0.2) is 0 Å². The summed E-state index contributed by atoms with van der Waals surface area (Å²) in [4.78, 5) is 11.6. The van der Waals surface area contributed by atoms with E-state index in [0.717, 1.165) is 6.42 Å². The third-order valence-electron chi connectivity index (χ3n) is 5.21. The van der Waals surface area contributed by atoms with Crippen LogP contribution in [0.2, 0.25) is 0 Å². The zero-order chi connectivity index (χ0) is 9.36. The molecule has 0 heterocycles. The van der Waals surface area contributed by atoms with Gasteiger partial charge in [-0.2, -0.15) is 0 Å². The van der Waals surface area contributed by atoms with E-state index >= 15 is 0 Å². The minimum Gasteiger partial charge on any atom is -0.299 e. The Labute approximate surface area is 74.5 Å². The van der Waals surface area contributed by atoms with Gasteiger partial charge in [0.25, 0.3) is 0 Å². The second-order valence-electron chi connectivity index (χ2n) is 5.73. The summed E-state index contributed by atoms with van der Waals surface area (Å²) in [5.74, 6) is 1.11. The van der Waals surface area contributed by atoms with E-state index in [9.17, 15) is 4.79 Å². The first kappa shape index (κ1) is 8.28. The average molecular weight is 166 g/mol. The normalized spacial score (nSPS) is 47.4. The number of carbonyl (C=O) groups is 1. The van der Waals surface area contributed by atoms with Crippen LogP contribution >= 0.6 is 0 Å². The lowest BCUT2D eigenvalue weighted by atomic mass is 9.72. The van der Waals surface area contributed by atoms with E-state index in [4.69, 9.17) is 0 Å². The number of hydrogen-bond donors (Lipinski definition) is 0. The molecule has 0 aliphatic heterocycles. The quantitative estimate of drug-likeness (QED) is 0.540. The van der Waals surface area contributed by atoms with Crippen molar-refractivity contribution in [3.63, 3.8) is 0 Å². The maximum Gasteiger partial charge on any atom is 0.139 e. The maximum atomic E-state index is 11.6. The van der Waals surface area contributed by atoms with E-state index < -0.39 is 0 Å². The van der Waals surface area contributed by atoms with Gasteiger partial charge < -0.3 is 0 Å². The molecule has 0 aromatic heterocycles. The van der Waals surface area contributed by atoms with Crippen molar-refractivity contribution in [3.8, 4) is 0 Å². The Morgan fingerprint density at radius 1 is 1.17 bits per heavy atom. The topological polar surface area (TPSA) is 17.1 Å². The van der Waals surface area contributed by atoms with Crippen molar-refractivity contribution in [2.24, 2.45) is 22.2 Å². The van der Waals surface area contributed by atoms with Crippen molar-refractivity contribution in [2.45, 2.75) is 41.0 Å². The van der Waals surface area contributed by atoms with Crippen molar-refractivity contribution < 1.29 is 4.79 Å². The lowest BCUT2D eigenvalue weighted by Crippen LogP contribution is -2.32. The van der Waals surface area contributed by atoms with Crippen LogP contribution in [0.4, 0.5) is 0 Å². The molecule has 2 aliphatic rings. The number of Topliss-reactive ketones (excluding diaryl/α,β-unsaturated/α-hetero) is 1. The van der Waals surface area contributed by atoms with Gasteiger partial charge >= 0.3 is 0 Å². The van der Waals surface area contributed by atoms with Gasteiger partial charge in [-0.05, 0) is 16.7 Å². The summed E-state index contributed by atoms with van der Waals surface area (Å²) in [5.41, 5.74) is 0.586. The molecule has 2 atom stereocenters. The summed E-state index contributed by atoms with van der Waals surface area (Å²) in [6, 6.07) is 0. The summed E-state index contributed by atoms with van der Waals surface area (Å²) >= 11 is 0. The molecule has 1 heteroatoms. The van der Waals surface area contributed by atoms with E-state index in [1.165, 1.54) is 0 Å². The Bertz CT molecular complexity index is 262. The fourth-order valence-corrected chi connectivity index (χ4v) is 3.53. The number of ketones is 1. The molecular formula is C11H18O. The molecule has 0 saturated heterocycles. The van der Waals surface area contributed by atoms with E-state index in [2.05, 4.69) is 34.6 Å². The summed E-state index contributed by atoms with van der Waals surface area (Å²) in [6.45, 7) is 11.1. The van der Waals surface area contributed by atoms with Gasteiger partial charge in [-0.1, -0.05) is 34.6 Å². The second kappa shape index (κ2) is 1.64. The molecule has 0 aromatic rings. The van der Waals surface area contributed by atoms with E-state index in [0.29, 0.717) is 17.1 Å². The van der Waals surface area contributed by atoms with Crippen LogP contribution in [0.1, 0.15) is 41.0 Å². The molecule has 2 rings (SSSR count). The van der Waals surface area contributed by atoms with E-state index in [-0.39, 0.29) is 10.8 Å². The van der Waals surface area contributed by atoms with Crippen LogP contribution < -0.4 is 0 Å². The van der Waals surface area contributed by atoms with Crippen LogP contribution in [0, 0.1) is 22.2 Å². The van der Waals surface area contributed by atoms with Gasteiger partial charge in [0.05, 0.1) is 0 Å². The summed E-state index contributed by atoms with van der Waals surface area (Å²) in [6.07, 6.45) is 0.816. The highest BCUT2D eigenvalue weighted by molar-refractivity contribution is 5.90. The molecule has 0 radical (unpaired) electrons. The number of carbonyl (C=O) groups excluding carboxylic acids is 1. The molecule has 2 saturated carbocycles. The van der Waals surface area contributed by atoms with Crippen molar-refractivity contribution in [1.82, 2.24) is 0 Å². The third-order valence-corrected chi connectivity index (χ3v) is 5.21. The lowest BCUT2D eigenvalue weighted by molar-refractivity contribution is -0.128. The van der Waals surface area contributed by atoms with Gasteiger partial charge in [0.1, 0.15) is 5.78 Å². The summed E-state index contributed by atoms with van der Waals surface area (Å²) in [7, 11) is 0. The van der Waals surface area contributed by atoms with Crippen molar-refractivity contribution in [1.29, 1.82) is 0 Å². The van der Waals surface area contributed by atoms with Gasteiger partial charge in [-0.15, -0.1) is 0 Å². The Balaban J connectivity index is 2.45. The number of hydrogen-bond acceptors (Lipinski definition) is 1. The number of fused-ring (bicyclic) bond motifs is 1. The predicted octanol–water partition coefficient (Wildman–Crippen LogP) is 2.65. The Hall–Kier alpha value is -0.330. The highest BCUT2D eigenvalue weighted by Gasteiger charge is 2.79. The number of rotatable bonds is 0. The molecule has 1 nitrogen and oxygen atoms in total. The van der Waals surface area contributed by atoms with Crippen LogP contribution in [0.3, 0.4) is 0 Å². The van der Waals surface area contributed by atoms with Crippen molar-refractivity contribution in [3.05, 3.63) is 0 Å².